The number of fused-ring (bicyclic) bond motifs is 9. The molecule has 7 heteroatoms. The molecular weight excluding hydrogens is 882 g/mol. The zero-order valence-electron chi connectivity index (χ0n) is 39.5. The van der Waals surface area contributed by atoms with Gasteiger partial charge in [-0.2, -0.15) is 0 Å². The van der Waals surface area contributed by atoms with Gasteiger partial charge in [-0.05, 0) is 119 Å². The lowest BCUT2D eigenvalue weighted by Crippen LogP contribution is -2.41. The van der Waals surface area contributed by atoms with E-state index in [0.29, 0.717) is 23.0 Å². The van der Waals surface area contributed by atoms with Gasteiger partial charge in [0.25, 0.3) is 0 Å². The molecule has 341 valence electrons. The van der Waals surface area contributed by atoms with Crippen molar-refractivity contribution in [1.29, 1.82) is 0 Å². The van der Waals surface area contributed by atoms with Crippen LogP contribution in [0.4, 0.5) is 34.1 Å². The molecule has 2 aliphatic rings. The highest BCUT2D eigenvalue weighted by atomic mass is 16.6. The number of rotatable bonds is 9. The molecule has 0 amide bonds. The maximum absolute atomic E-state index is 6.75. The first-order chi connectivity index (χ1) is 35.6. The fraction of sp³-hybridized carbons (Fsp3) is 0.0462. The van der Waals surface area contributed by atoms with Gasteiger partial charge in [0.15, 0.2) is 30.3 Å². The Hall–Kier alpha value is -9.20. The van der Waals surface area contributed by atoms with Crippen LogP contribution in [0.25, 0.3) is 66.4 Å². The molecule has 0 saturated carbocycles. The van der Waals surface area contributed by atoms with Crippen LogP contribution in [0, 0.1) is 0 Å². The van der Waals surface area contributed by atoms with Crippen molar-refractivity contribution in [1.82, 2.24) is 4.98 Å². The third-order valence-corrected chi connectivity index (χ3v) is 14.2. The van der Waals surface area contributed by atoms with Crippen molar-refractivity contribution < 1.29 is 13.9 Å². The number of nitrogens with zero attached hydrogens (tertiary/aromatic N) is 2. The van der Waals surface area contributed by atoms with Crippen LogP contribution in [-0.4, -0.2) is 12.3 Å². The zero-order chi connectivity index (χ0) is 47.7. The average Bonchev–Trinajstić information content (AvgIpc) is 4.00. The van der Waals surface area contributed by atoms with Crippen molar-refractivity contribution in [2.75, 3.05) is 9.80 Å². The minimum Gasteiger partial charge on any atom is -0.450 e. The smallest absolute Gasteiger partial charge is 0.206 e. The van der Waals surface area contributed by atoms with Gasteiger partial charge >= 0.3 is 0 Å². The molecule has 0 spiro atoms. The van der Waals surface area contributed by atoms with Gasteiger partial charge in [-0.25, -0.2) is 0 Å². The van der Waals surface area contributed by atoms with E-state index in [1.54, 1.807) is 0 Å². The van der Waals surface area contributed by atoms with Crippen molar-refractivity contribution in [3.8, 4) is 56.4 Å². The van der Waals surface area contributed by atoms with E-state index in [1.807, 2.05) is 30.3 Å². The number of H-pyrrole nitrogens is 1. The predicted octanol–water partition coefficient (Wildman–Crippen LogP) is 16.8. The third-order valence-electron chi connectivity index (χ3n) is 14.2. The van der Waals surface area contributed by atoms with E-state index in [9.17, 15) is 0 Å². The van der Waals surface area contributed by atoms with Gasteiger partial charge in [-0.15, -0.1) is 0 Å². The van der Waals surface area contributed by atoms with E-state index in [-0.39, 0.29) is 0 Å². The summed E-state index contributed by atoms with van der Waals surface area (Å²) in [6.45, 7) is 2.24. The SMILES string of the molecule is CCCc1ccc(N2c3cc4c(cc3[B]c3c(-c5ccc(N(c6ccccc6)c6ccccc6)c6c5[nH]c5oc7ccccc7c56)cc(-c5ccccc5)cc32)Oc2ccccc2O4)c(-c2ccccc2)c1. The Kier molecular flexibility index (Phi) is 9.88. The zero-order valence-corrected chi connectivity index (χ0v) is 39.5. The summed E-state index contributed by atoms with van der Waals surface area (Å²) in [7, 11) is 2.34. The lowest BCUT2D eigenvalue weighted by atomic mass is 9.57. The summed E-state index contributed by atoms with van der Waals surface area (Å²) < 4.78 is 20.1. The minimum atomic E-state index is 0.664. The van der Waals surface area contributed by atoms with Gasteiger partial charge in [-0.1, -0.05) is 158 Å². The third kappa shape index (κ3) is 6.88. The summed E-state index contributed by atoms with van der Waals surface area (Å²) in [5.74, 6) is 2.71. The number of aryl methyl sites for hydroxylation is 1. The van der Waals surface area contributed by atoms with Crippen LogP contribution in [0.5, 0.6) is 23.0 Å². The van der Waals surface area contributed by atoms with Crippen LogP contribution in [0.2, 0.25) is 0 Å². The largest absolute Gasteiger partial charge is 0.450 e. The van der Waals surface area contributed by atoms with Crippen LogP contribution in [0.3, 0.4) is 0 Å². The number of furan rings is 1. The number of benzene rings is 10. The van der Waals surface area contributed by atoms with E-state index in [4.69, 9.17) is 13.9 Å². The Morgan fingerprint density at radius 3 is 1.83 bits per heavy atom. The molecule has 14 rings (SSSR count). The van der Waals surface area contributed by atoms with E-state index >= 15 is 0 Å². The van der Waals surface area contributed by atoms with Gasteiger partial charge < -0.3 is 28.7 Å². The predicted molar refractivity (Wildman–Crippen MR) is 297 cm³/mol. The number of aromatic amines is 1. The van der Waals surface area contributed by atoms with Gasteiger partial charge in [0, 0.05) is 50.7 Å². The second kappa shape index (κ2) is 17.0. The number of ether oxygens (including phenoxy) is 2. The van der Waals surface area contributed by atoms with Crippen molar-refractivity contribution in [3.63, 3.8) is 0 Å². The lowest BCUT2D eigenvalue weighted by Gasteiger charge is -2.37. The first kappa shape index (κ1) is 41.7. The van der Waals surface area contributed by atoms with Gasteiger partial charge in [0.1, 0.15) is 5.58 Å². The highest BCUT2D eigenvalue weighted by molar-refractivity contribution is 6.73. The Balaban J connectivity index is 1.08. The Labute approximate surface area is 418 Å². The van der Waals surface area contributed by atoms with Crippen LogP contribution in [0.15, 0.2) is 229 Å². The van der Waals surface area contributed by atoms with E-state index in [1.165, 1.54) is 5.56 Å². The van der Waals surface area contributed by atoms with Gasteiger partial charge in [0.05, 0.1) is 22.3 Å². The van der Waals surface area contributed by atoms with E-state index < -0.39 is 0 Å². The van der Waals surface area contributed by atoms with Crippen LogP contribution >= 0.6 is 0 Å². The average molecular weight is 927 g/mol. The Morgan fingerprint density at radius 2 is 1.12 bits per heavy atom. The molecule has 12 aromatic rings. The monoisotopic (exact) mass is 926 g/mol. The quantitative estimate of drug-likeness (QED) is 0.146. The summed E-state index contributed by atoms with van der Waals surface area (Å²) in [6.07, 6.45) is 2.03. The maximum Gasteiger partial charge on any atom is 0.206 e. The normalized spacial score (nSPS) is 12.4. The molecule has 72 heavy (non-hydrogen) atoms. The topological polar surface area (TPSA) is 53.9 Å². The summed E-state index contributed by atoms with van der Waals surface area (Å²) in [5, 5.41) is 3.17. The van der Waals surface area contributed by atoms with E-state index in [2.05, 4.69) is 223 Å². The summed E-state index contributed by atoms with van der Waals surface area (Å²) in [6, 6.07) is 79.6. The molecule has 6 nitrogen and oxygen atoms in total. The number of para-hydroxylation sites is 5. The highest BCUT2D eigenvalue weighted by Crippen LogP contribution is 2.52. The van der Waals surface area contributed by atoms with Crippen LogP contribution < -0.4 is 30.2 Å². The molecule has 1 N–H and O–H groups in total. The minimum absolute atomic E-state index is 0.664. The molecule has 0 atom stereocenters. The number of aromatic nitrogens is 1. The number of anilines is 6. The van der Waals surface area contributed by atoms with Crippen molar-refractivity contribution in [2.24, 2.45) is 0 Å². The van der Waals surface area contributed by atoms with Crippen LogP contribution in [-0.2, 0) is 6.42 Å². The number of nitrogens with one attached hydrogen (secondary N) is 1. The van der Waals surface area contributed by atoms with Crippen molar-refractivity contribution >= 4 is 85.3 Å². The summed E-state index contributed by atoms with van der Waals surface area (Å²) >= 11 is 0. The molecule has 0 bridgehead atoms. The van der Waals surface area contributed by atoms with E-state index in [0.717, 1.165) is 124 Å². The molecule has 2 aliphatic heterocycles. The van der Waals surface area contributed by atoms with Crippen molar-refractivity contribution in [2.45, 2.75) is 19.8 Å². The molecule has 0 aliphatic carbocycles. The maximum atomic E-state index is 6.75. The Morgan fingerprint density at radius 1 is 0.486 bits per heavy atom. The molecule has 2 aromatic heterocycles. The molecular formula is C65H45BN3O3. The molecule has 10 aromatic carbocycles. The molecule has 1 radical (unpaired) electrons. The summed E-state index contributed by atoms with van der Waals surface area (Å²) in [4.78, 5) is 8.71. The van der Waals surface area contributed by atoms with Crippen LogP contribution in [0.1, 0.15) is 18.9 Å². The number of hydrogen-bond donors (Lipinski definition) is 1. The molecule has 4 heterocycles. The second-order valence-corrected chi connectivity index (χ2v) is 18.6. The first-order valence-electron chi connectivity index (χ1n) is 24.7. The molecule has 0 unspecified atom stereocenters. The number of hydrogen-bond acceptors (Lipinski definition) is 5. The molecule has 0 fully saturated rings. The Bertz CT molecular complexity index is 4000. The standard InChI is InChI=1S/C65H45BN3O3/c1-2-19-41-32-34-52(49(36-41)43-22-9-4-10-23-43)69-54-40-60-59(70-57-30-17-18-31-58(57)71-60)39-51(54)66-63-50(37-44(38-55(63)69)42-20-7-3-8-21-42)47-33-35-53(68(45-24-11-5-12-25-45)46-26-13-6-14-27-46)62-61-48-28-15-16-29-56(48)72-65(61)67-64(47)62/h3-18,20-40,67H,2,19H2,1H3. The summed E-state index contributed by atoms with van der Waals surface area (Å²) in [5.41, 5.74) is 18.8. The fourth-order valence-electron chi connectivity index (χ4n) is 11.0. The molecule has 0 saturated heterocycles. The van der Waals surface area contributed by atoms with Gasteiger partial charge in [-0.3, -0.25) is 0 Å². The van der Waals surface area contributed by atoms with Crippen molar-refractivity contribution in [3.05, 3.63) is 230 Å². The fourth-order valence-corrected chi connectivity index (χ4v) is 11.0. The van der Waals surface area contributed by atoms with Gasteiger partial charge in [0.2, 0.25) is 5.71 Å². The highest BCUT2D eigenvalue weighted by Gasteiger charge is 2.34. The first-order valence-corrected chi connectivity index (χ1v) is 24.7. The lowest BCUT2D eigenvalue weighted by molar-refractivity contribution is 0.360. The second-order valence-electron chi connectivity index (χ2n) is 18.6.